The van der Waals surface area contributed by atoms with Gasteiger partial charge in [-0.3, -0.25) is 9.69 Å². The second kappa shape index (κ2) is 9.84. The van der Waals surface area contributed by atoms with Gasteiger partial charge in [0.1, 0.15) is 6.04 Å². The van der Waals surface area contributed by atoms with Crippen LogP contribution in [-0.2, 0) is 28.9 Å². The van der Waals surface area contributed by atoms with Crippen molar-refractivity contribution in [3.63, 3.8) is 0 Å². The van der Waals surface area contributed by atoms with Crippen molar-refractivity contribution in [3.05, 3.63) is 95.2 Å². The van der Waals surface area contributed by atoms with Crippen molar-refractivity contribution in [2.75, 3.05) is 21.3 Å². The van der Waals surface area contributed by atoms with Crippen LogP contribution in [0.2, 0.25) is 0 Å². The lowest BCUT2D eigenvalue weighted by atomic mass is 9.87. The van der Waals surface area contributed by atoms with Crippen LogP contribution in [0.5, 0.6) is 11.5 Å². The lowest BCUT2D eigenvalue weighted by molar-refractivity contribution is -0.148. The molecular formula is C29H30N2O4. The summed E-state index contributed by atoms with van der Waals surface area (Å²) in [4.78, 5) is 18.9. The predicted octanol–water partition coefficient (Wildman–Crippen LogP) is 5.07. The molecule has 0 aliphatic carbocycles. The Kier molecular flexibility index (Phi) is 6.47. The van der Waals surface area contributed by atoms with Crippen LogP contribution in [0.1, 0.15) is 28.3 Å². The van der Waals surface area contributed by atoms with Gasteiger partial charge in [0, 0.05) is 36.1 Å². The molecular weight excluding hydrogens is 440 g/mol. The lowest BCUT2D eigenvalue weighted by Gasteiger charge is -2.41. The fraction of sp³-hybridized carbons (Fsp3) is 0.276. The molecule has 2 heterocycles. The van der Waals surface area contributed by atoms with Crippen molar-refractivity contribution < 1.29 is 19.0 Å². The monoisotopic (exact) mass is 470 g/mol. The predicted molar refractivity (Wildman–Crippen MR) is 136 cm³/mol. The molecule has 0 radical (unpaired) electrons. The number of carbonyl (C=O) groups excluding carboxylic acids is 1. The van der Waals surface area contributed by atoms with Crippen molar-refractivity contribution in [1.82, 2.24) is 9.88 Å². The van der Waals surface area contributed by atoms with E-state index in [1.807, 2.05) is 42.6 Å². The second-order valence-corrected chi connectivity index (χ2v) is 8.88. The van der Waals surface area contributed by atoms with Crippen LogP contribution in [0.4, 0.5) is 0 Å². The van der Waals surface area contributed by atoms with Crippen molar-refractivity contribution >= 4 is 16.9 Å². The summed E-state index contributed by atoms with van der Waals surface area (Å²) in [5, 5.41) is 1.13. The molecule has 180 valence electrons. The molecule has 5 rings (SSSR count). The normalized spacial score (nSPS) is 16.5. The highest BCUT2D eigenvalue weighted by Crippen LogP contribution is 2.40. The highest BCUT2D eigenvalue weighted by Gasteiger charge is 2.37. The second-order valence-electron chi connectivity index (χ2n) is 8.88. The molecule has 0 fully saturated rings. The first-order chi connectivity index (χ1) is 17.1. The van der Waals surface area contributed by atoms with Crippen LogP contribution >= 0.6 is 0 Å². The van der Waals surface area contributed by atoms with Gasteiger partial charge in [-0.2, -0.15) is 0 Å². The quantitative estimate of drug-likeness (QED) is 0.382. The molecule has 1 N–H and O–H groups in total. The zero-order valence-electron chi connectivity index (χ0n) is 20.3. The molecule has 2 atom stereocenters. The number of ether oxygens (including phenoxy) is 3. The summed E-state index contributed by atoms with van der Waals surface area (Å²) in [6.45, 7) is 0.595. The number of aromatic amines is 1. The van der Waals surface area contributed by atoms with E-state index in [1.165, 1.54) is 18.2 Å². The van der Waals surface area contributed by atoms with Gasteiger partial charge in [0.05, 0.1) is 21.3 Å². The first-order valence-corrected chi connectivity index (χ1v) is 11.8. The number of aromatic nitrogens is 1. The SMILES string of the molecule is COC(=O)[C@H](Cc1c[nH]c2ccccc12)N1Cc2cc(OC)c(OC)cc2CC1c1ccccc1. The summed E-state index contributed by atoms with van der Waals surface area (Å²) in [6, 6.07) is 22.2. The number of esters is 1. The largest absolute Gasteiger partial charge is 0.493 e. The van der Waals surface area contributed by atoms with E-state index >= 15 is 0 Å². The van der Waals surface area contributed by atoms with Crippen molar-refractivity contribution in [1.29, 1.82) is 0 Å². The molecule has 0 saturated heterocycles. The first-order valence-electron chi connectivity index (χ1n) is 11.8. The van der Waals surface area contributed by atoms with E-state index in [2.05, 4.69) is 40.2 Å². The smallest absolute Gasteiger partial charge is 0.323 e. The maximum absolute atomic E-state index is 13.3. The van der Waals surface area contributed by atoms with E-state index in [1.54, 1.807) is 14.2 Å². The molecule has 0 saturated carbocycles. The Morgan fingerprint density at radius 1 is 0.971 bits per heavy atom. The number of hydrogen-bond acceptors (Lipinski definition) is 5. The molecule has 0 spiro atoms. The van der Waals surface area contributed by atoms with E-state index in [4.69, 9.17) is 14.2 Å². The highest BCUT2D eigenvalue weighted by molar-refractivity contribution is 5.84. The molecule has 1 aromatic heterocycles. The van der Waals surface area contributed by atoms with Gasteiger partial charge in [0.25, 0.3) is 0 Å². The molecule has 0 bridgehead atoms. The van der Waals surface area contributed by atoms with Crippen molar-refractivity contribution in [2.45, 2.75) is 31.5 Å². The Bertz CT molecular complexity index is 1330. The van der Waals surface area contributed by atoms with Gasteiger partial charge in [0.15, 0.2) is 11.5 Å². The number of H-pyrrole nitrogens is 1. The lowest BCUT2D eigenvalue weighted by Crippen LogP contribution is -2.47. The van der Waals surface area contributed by atoms with E-state index in [0.29, 0.717) is 18.7 Å². The summed E-state index contributed by atoms with van der Waals surface area (Å²) in [6.07, 6.45) is 3.30. The van der Waals surface area contributed by atoms with Crippen LogP contribution in [0.3, 0.4) is 0 Å². The highest BCUT2D eigenvalue weighted by atomic mass is 16.5. The number of methoxy groups -OCH3 is 3. The van der Waals surface area contributed by atoms with E-state index in [0.717, 1.165) is 34.2 Å². The van der Waals surface area contributed by atoms with Crippen LogP contribution in [0.15, 0.2) is 72.9 Å². The van der Waals surface area contributed by atoms with Gasteiger partial charge in [-0.05, 0) is 46.9 Å². The molecule has 6 heteroatoms. The van der Waals surface area contributed by atoms with E-state index in [9.17, 15) is 4.79 Å². The van der Waals surface area contributed by atoms with Gasteiger partial charge in [-0.15, -0.1) is 0 Å². The van der Waals surface area contributed by atoms with Crippen LogP contribution in [0.25, 0.3) is 10.9 Å². The summed E-state index contributed by atoms with van der Waals surface area (Å²) in [5.41, 5.74) is 5.65. The molecule has 1 aliphatic rings. The van der Waals surface area contributed by atoms with Gasteiger partial charge < -0.3 is 19.2 Å². The fourth-order valence-corrected chi connectivity index (χ4v) is 5.23. The van der Waals surface area contributed by atoms with Crippen molar-refractivity contribution in [3.8, 4) is 11.5 Å². The third kappa shape index (κ3) is 4.37. The van der Waals surface area contributed by atoms with E-state index in [-0.39, 0.29) is 12.0 Å². The zero-order chi connectivity index (χ0) is 24.4. The number of nitrogens with zero attached hydrogens (tertiary/aromatic N) is 1. The molecule has 3 aromatic carbocycles. The maximum atomic E-state index is 13.3. The third-order valence-electron chi connectivity index (χ3n) is 7.02. The molecule has 0 amide bonds. The van der Waals surface area contributed by atoms with E-state index < -0.39 is 6.04 Å². The summed E-state index contributed by atoms with van der Waals surface area (Å²) in [5.74, 6) is 1.17. The average molecular weight is 471 g/mol. The standard InChI is InChI=1S/C29H30N2O4/c1-33-27-15-20-13-25(19-9-5-4-6-10-19)31(18-22(20)16-28(27)34-2)26(29(32)35-3)14-21-17-30-24-12-8-7-11-23(21)24/h4-12,15-17,25-26,30H,13-14,18H2,1-3H3/t25?,26-/m0/s1. The van der Waals surface area contributed by atoms with Gasteiger partial charge in [-0.1, -0.05) is 48.5 Å². The third-order valence-corrected chi connectivity index (χ3v) is 7.02. The first kappa shape index (κ1) is 23.0. The zero-order valence-corrected chi connectivity index (χ0v) is 20.3. The maximum Gasteiger partial charge on any atom is 0.323 e. The molecule has 1 unspecified atom stereocenters. The molecule has 6 nitrogen and oxygen atoms in total. The number of benzene rings is 3. The Morgan fingerprint density at radius 2 is 1.66 bits per heavy atom. The number of fused-ring (bicyclic) bond motifs is 2. The minimum Gasteiger partial charge on any atom is -0.493 e. The Morgan fingerprint density at radius 3 is 2.37 bits per heavy atom. The summed E-state index contributed by atoms with van der Waals surface area (Å²) < 4.78 is 16.5. The van der Waals surface area contributed by atoms with Gasteiger partial charge in [0.2, 0.25) is 0 Å². The van der Waals surface area contributed by atoms with Crippen molar-refractivity contribution in [2.24, 2.45) is 0 Å². The number of para-hydroxylation sites is 1. The average Bonchev–Trinajstić information content (AvgIpc) is 3.33. The van der Waals surface area contributed by atoms with Gasteiger partial charge >= 0.3 is 5.97 Å². The Labute approximate surface area is 205 Å². The minimum absolute atomic E-state index is 0.0103. The number of carbonyl (C=O) groups is 1. The Hall–Kier alpha value is -3.77. The minimum atomic E-state index is -0.453. The Balaban J connectivity index is 1.59. The number of rotatable bonds is 7. The summed E-state index contributed by atoms with van der Waals surface area (Å²) >= 11 is 0. The van der Waals surface area contributed by atoms with Crippen LogP contribution in [-0.4, -0.2) is 43.2 Å². The number of hydrogen-bond donors (Lipinski definition) is 1. The fourth-order valence-electron chi connectivity index (χ4n) is 5.23. The molecule has 4 aromatic rings. The van der Waals surface area contributed by atoms with Gasteiger partial charge in [-0.25, -0.2) is 0 Å². The molecule has 35 heavy (non-hydrogen) atoms. The molecule has 1 aliphatic heterocycles. The number of nitrogens with one attached hydrogen (secondary N) is 1. The topological polar surface area (TPSA) is 63.8 Å². The van der Waals surface area contributed by atoms with Crippen LogP contribution < -0.4 is 9.47 Å². The van der Waals surface area contributed by atoms with Crippen LogP contribution in [0, 0.1) is 0 Å². The summed E-state index contributed by atoms with van der Waals surface area (Å²) in [7, 11) is 4.77.